The summed E-state index contributed by atoms with van der Waals surface area (Å²) in [5.41, 5.74) is -1.05. The Hall–Kier alpha value is -1.27. The van der Waals surface area contributed by atoms with Gasteiger partial charge in [0.25, 0.3) is 0 Å². The average Bonchev–Trinajstić information content (AvgIpc) is 2.89. The first-order chi connectivity index (χ1) is 12.1. The number of carbonyl (C=O) groups excluding carboxylic acids is 2. The molecule has 1 aromatic heterocycles. The van der Waals surface area contributed by atoms with Gasteiger partial charge in [0.2, 0.25) is 0 Å². The number of hydrogen-bond acceptors (Lipinski definition) is 4. The van der Waals surface area contributed by atoms with Gasteiger partial charge < -0.3 is 4.74 Å². The minimum Gasteiger partial charge on any atom is -0.423 e. The summed E-state index contributed by atoms with van der Waals surface area (Å²) in [5.74, 6) is 0.252. The Morgan fingerprint density at radius 2 is 1.92 bits per heavy atom. The van der Waals surface area contributed by atoms with Gasteiger partial charge in [-0.05, 0) is 46.3 Å². The van der Waals surface area contributed by atoms with Crippen molar-refractivity contribution < 1.29 is 14.3 Å². The molecule has 0 amide bonds. The summed E-state index contributed by atoms with van der Waals surface area (Å²) in [4.78, 5) is 30.4. The highest BCUT2D eigenvalue weighted by molar-refractivity contribution is 9.11. The molecule has 0 N–H and O–H groups in total. The lowest BCUT2D eigenvalue weighted by Crippen LogP contribution is -2.42. The van der Waals surface area contributed by atoms with E-state index in [0.29, 0.717) is 22.2 Å². The number of esters is 1. The number of carbonyl (C=O) groups is 2. The van der Waals surface area contributed by atoms with Crippen molar-refractivity contribution in [1.82, 2.24) is 4.98 Å². The van der Waals surface area contributed by atoms with Crippen molar-refractivity contribution in [1.29, 1.82) is 0 Å². The zero-order valence-electron chi connectivity index (χ0n) is 14.9. The van der Waals surface area contributed by atoms with Crippen LogP contribution in [0.2, 0.25) is 0 Å². The van der Waals surface area contributed by atoms with Gasteiger partial charge in [-0.3, -0.25) is 14.6 Å². The molecule has 2 saturated carbocycles. The van der Waals surface area contributed by atoms with Crippen molar-refractivity contribution >= 4 is 54.5 Å². The number of nitrogens with zero attached hydrogens (tertiary/aromatic N) is 1. The molecule has 4 nitrogen and oxygen atoms in total. The molecule has 26 heavy (non-hydrogen) atoms. The highest BCUT2D eigenvalue weighted by atomic mass is 79.9. The topological polar surface area (TPSA) is 56.3 Å². The predicted molar refractivity (Wildman–Crippen MR) is 106 cm³/mol. The van der Waals surface area contributed by atoms with Crippen LogP contribution in [0.5, 0.6) is 5.75 Å². The summed E-state index contributed by atoms with van der Waals surface area (Å²) < 4.78 is 7.45. The van der Waals surface area contributed by atoms with E-state index in [1.165, 1.54) is 0 Å². The highest BCUT2D eigenvalue weighted by Crippen LogP contribution is 2.70. The number of fused-ring (bicyclic) bond motifs is 3. The van der Waals surface area contributed by atoms with Crippen LogP contribution in [0.25, 0.3) is 10.9 Å². The Kier molecular flexibility index (Phi) is 3.91. The average molecular weight is 481 g/mol. The molecule has 2 bridgehead atoms. The van der Waals surface area contributed by atoms with Gasteiger partial charge in [-0.25, -0.2) is 0 Å². The van der Waals surface area contributed by atoms with Crippen LogP contribution in [0.1, 0.15) is 40.0 Å². The van der Waals surface area contributed by atoms with E-state index in [2.05, 4.69) is 36.8 Å². The molecule has 2 aromatic rings. The van der Waals surface area contributed by atoms with Gasteiger partial charge in [-0.2, -0.15) is 0 Å². The Labute approximate surface area is 169 Å². The van der Waals surface area contributed by atoms with E-state index < -0.39 is 16.2 Å². The van der Waals surface area contributed by atoms with Gasteiger partial charge in [0.15, 0.2) is 5.75 Å². The standard InChI is InChI=1S/C20H19Br2NO3/c1-18(2)19(3)6-7-20(18,10-14(19)24)17(25)26-16-13(22)9-12(21)11-5-4-8-23-15(11)16/h4-5,8-9H,6-7,10H2,1-3H3/t19-,20+/m0/s1. The number of ketones is 1. The summed E-state index contributed by atoms with van der Waals surface area (Å²) in [6, 6.07) is 5.62. The fourth-order valence-electron chi connectivity index (χ4n) is 4.75. The molecule has 0 spiro atoms. The predicted octanol–water partition coefficient (Wildman–Crippen LogP) is 5.45. The molecule has 0 saturated heterocycles. The summed E-state index contributed by atoms with van der Waals surface area (Å²) in [5, 5.41) is 0.869. The van der Waals surface area contributed by atoms with Crippen molar-refractivity contribution in [3.8, 4) is 5.75 Å². The minimum absolute atomic E-state index is 0.170. The number of rotatable bonds is 2. The number of ether oxygens (including phenoxy) is 1. The van der Waals surface area contributed by atoms with E-state index >= 15 is 0 Å². The van der Waals surface area contributed by atoms with E-state index in [0.717, 1.165) is 16.3 Å². The van der Waals surface area contributed by atoms with Crippen LogP contribution in [0, 0.1) is 16.2 Å². The van der Waals surface area contributed by atoms with E-state index in [1.54, 1.807) is 6.20 Å². The SMILES string of the molecule is CC1(C)[C@]2(C(=O)Oc3c(Br)cc(Br)c4cccnc34)CC[C@@]1(C)C(=O)C2. The van der Waals surface area contributed by atoms with Crippen LogP contribution >= 0.6 is 31.9 Å². The quantitative estimate of drug-likeness (QED) is 0.423. The van der Waals surface area contributed by atoms with Crippen LogP contribution in [0.3, 0.4) is 0 Å². The largest absolute Gasteiger partial charge is 0.423 e. The number of hydrogen-bond donors (Lipinski definition) is 0. The van der Waals surface area contributed by atoms with Gasteiger partial charge in [0.1, 0.15) is 11.3 Å². The van der Waals surface area contributed by atoms with Crippen molar-refractivity contribution in [3.63, 3.8) is 0 Å². The molecule has 2 aliphatic rings. The number of pyridine rings is 1. The third-order valence-electron chi connectivity index (χ3n) is 7.04. The number of halogens is 2. The van der Waals surface area contributed by atoms with E-state index in [1.807, 2.05) is 39.0 Å². The summed E-state index contributed by atoms with van der Waals surface area (Å²) in [6.07, 6.45) is 3.34. The molecular weight excluding hydrogens is 462 g/mol. The Morgan fingerprint density at radius 3 is 2.54 bits per heavy atom. The lowest BCUT2D eigenvalue weighted by molar-refractivity contribution is -0.151. The van der Waals surface area contributed by atoms with Crippen LogP contribution in [0.4, 0.5) is 0 Å². The summed E-state index contributed by atoms with van der Waals surface area (Å²) in [6.45, 7) is 6.04. The van der Waals surface area contributed by atoms with E-state index in [9.17, 15) is 9.59 Å². The highest BCUT2D eigenvalue weighted by Gasteiger charge is 2.73. The minimum atomic E-state index is -0.771. The van der Waals surface area contributed by atoms with Gasteiger partial charge in [0, 0.05) is 27.9 Å². The van der Waals surface area contributed by atoms with Crippen LogP contribution in [-0.2, 0) is 9.59 Å². The van der Waals surface area contributed by atoms with E-state index in [4.69, 9.17) is 4.74 Å². The van der Waals surface area contributed by atoms with Gasteiger partial charge in [-0.1, -0.05) is 42.8 Å². The molecular formula is C20H19Br2NO3. The summed E-state index contributed by atoms with van der Waals surface area (Å²) >= 11 is 7.02. The molecule has 2 fully saturated rings. The maximum absolute atomic E-state index is 13.3. The normalized spacial score (nSPS) is 29.3. The van der Waals surface area contributed by atoms with Crippen LogP contribution in [-0.4, -0.2) is 16.7 Å². The van der Waals surface area contributed by atoms with Crippen molar-refractivity contribution in [2.45, 2.75) is 40.0 Å². The molecule has 0 radical (unpaired) electrons. The molecule has 6 heteroatoms. The maximum Gasteiger partial charge on any atom is 0.318 e. The molecule has 4 rings (SSSR count). The molecule has 2 atom stereocenters. The summed E-state index contributed by atoms with van der Waals surface area (Å²) in [7, 11) is 0. The second-order valence-electron chi connectivity index (χ2n) is 8.10. The fourth-order valence-corrected chi connectivity index (χ4v) is 6.10. The Bertz CT molecular complexity index is 971. The zero-order chi connectivity index (χ0) is 18.9. The molecule has 1 aromatic carbocycles. The Balaban J connectivity index is 1.79. The lowest BCUT2D eigenvalue weighted by Gasteiger charge is -2.37. The molecule has 0 aliphatic heterocycles. The second-order valence-corrected chi connectivity index (χ2v) is 9.81. The molecule has 2 aliphatic carbocycles. The first kappa shape index (κ1) is 18.1. The van der Waals surface area contributed by atoms with Crippen molar-refractivity contribution in [2.75, 3.05) is 0 Å². The van der Waals surface area contributed by atoms with Gasteiger partial charge in [-0.15, -0.1) is 0 Å². The fraction of sp³-hybridized carbons (Fsp3) is 0.450. The third-order valence-corrected chi connectivity index (χ3v) is 8.29. The van der Waals surface area contributed by atoms with E-state index in [-0.39, 0.29) is 18.2 Å². The first-order valence-corrected chi connectivity index (χ1v) is 10.2. The third kappa shape index (κ3) is 2.09. The van der Waals surface area contributed by atoms with Crippen LogP contribution in [0.15, 0.2) is 33.3 Å². The zero-order valence-corrected chi connectivity index (χ0v) is 18.0. The van der Waals surface area contributed by atoms with Crippen LogP contribution < -0.4 is 4.74 Å². The lowest BCUT2D eigenvalue weighted by atomic mass is 9.65. The second kappa shape index (κ2) is 5.61. The monoisotopic (exact) mass is 479 g/mol. The smallest absolute Gasteiger partial charge is 0.318 e. The first-order valence-electron chi connectivity index (χ1n) is 8.62. The maximum atomic E-state index is 13.3. The van der Waals surface area contributed by atoms with Crippen molar-refractivity contribution in [2.24, 2.45) is 16.2 Å². The van der Waals surface area contributed by atoms with Gasteiger partial charge >= 0.3 is 5.97 Å². The molecule has 136 valence electrons. The Morgan fingerprint density at radius 1 is 1.19 bits per heavy atom. The molecule has 0 unspecified atom stereocenters. The van der Waals surface area contributed by atoms with Crippen molar-refractivity contribution in [3.05, 3.63) is 33.3 Å². The number of aromatic nitrogens is 1. The molecule has 1 heterocycles. The van der Waals surface area contributed by atoms with Gasteiger partial charge in [0.05, 0.1) is 9.89 Å². The number of Topliss-reactive ketones (excluding diaryl/α,β-unsaturated/α-hetero) is 1. The number of benzene rings is 1.